The van der Waals surface area contributed by atoms with Gasteiger partial charge in [-0.15, -0.1) is 45.7 Å². The van der Waals surface area contributed by atoms with Crippen molar-refractivity contribution in [2.45, 2.75) is 42.8 Å². The maximum Gasteiger partial charge on any atom is 0.261 e. The minimum atomic E-state index is -0.189. The van der Waals surface area contributed by atoms with Crippen LogP contribution in [0, 0.1) is 0 Å². The van der Waals surface area contributed by atoms with Crippen LogP contribution in [-0.2, 0) is 16.1 Å². The highest BCUT2D eigenvalue weighted by molar-refractivity contribution is 9.10. The minimum Gasteiger partial charge on any atom is -0.380 e. The van der Waals surface area contributed by atoms with Crippen molar-refractivity contribution >= 4 is 78.3 Å². The van der Waals surface area contributed by atoms with E-state index in [1.54, 1.807) is 18.9 Å². The molecular weight excluding hydrogens is 578 g/mol. The highest BCUT2D eigenvalue weighted by Crippen LogP contribution is 2.28. The summed E-state index contributed by atoms with van der Waals surface area (Å²) in [6.45, 7) is 0.919. The number of aromatic nitrogens is 2. The number of ether oxygens (including phenoxy) is 1. The molecule has 2 aromatic rings. The Kier molecular flexibility index (Phi) is 10.9. The third kappa shape index (κ3) is 5.89. The molecule has 0 radical (unpaired) electrons. The van der Waals surface area contributed by atoms with Crippen molar-refractivity contribution in [2.75, 3.05) is 19.9 Å². The van der Waals surface area contributed by atoms with Crippen molar-refractivity contribution < 1.29 is 9.53 Å². The molecule has 1 aliphatic rings. The number of Topliss-reactive ketones (excluding diaryl/α,β-unsaturated/α-hetero) is 1. The van der Waals surface area contributed by atoms with Crippen molar-refractivity contribution in [1.82, 2.24) is 14.9 Å². The van der Waals surface area contributed by atoms with Crippen LogP contribution < -0.4 is 10.9 Å². The molecular formula is C18H24Br3N3O3S. The number of nitrogens with one attached hydrogen (secondary N) is 1. The summed E-state index contributed by atoms with van der Waals surface area (Å²) in [6.07, 6.45) is 5.79. The van der Waals surface area contributed by atoms with Gasteiger partial charge >= 0.3 is 0 Å². The highest BCUT2D eigenvalue weighted by atomic mass is 79.9. The monoisotopic (exact) mass is 599 g/mol. The van der Waals surface area contributed by atoms with Gasteiger partial charge in [-0.25, -0.2) is 4.98 Å². The topological polar surface area (TPSA) is 73.2 Å². The molecule has 10 heteroatoms. The molecule has 1 saturated heterocycles. The molecule has 1 aromatic carbocycles. The Balaban J connectivity index is 0.00000196. The lowest BCUT2D eigenvalue weighted by Crippen LogP contribution is -2.47. The Morgan fingerprint density at radius 3 is 2.86 bits per heavy atom. The number of hydrogen-bond donors (Lipinski definition) is 1. The van der Waals surface area contributed by atoms with Gasteiger partial charge in [-0.1, -0.05) is 0 Å². The Morgan fingerprint density at radius 2 is 2.18 bits per heavy atom. The Hall–Kier alpha value is -0.260. The maximum absolute atomic E-state index is 12.8. The van der Waals surface area contributed by atoms with Crippen molar-refractivity contribution in [2.24, 2.45) is 0 Å². The number of hydrogen-bond acceptors (Lipinski definition) is 6. The van der Waals surface area contributed by atoms with Gasteiger partial charge in [0.2, 0.25) is 0 Å². The lowest BCUT2D eigenvalue weighted by atomic mass is 9.96. The number of rotatable bonds is 6. The summed E-state index contributed by atoms with van der Waals surface area (Å²) < 4.78 is 7.78. The molecule has 2 heterocycles. The summed E-state index contributed by atoms with van der Waals surface area (Å²) in [7, 11) is 1.67. The number of methoxy groups -OCH3 is 1. The van der Waals surface area contributed by atoms with Crippen LogP contribution in [-0.4, -0.2) is 47.4 Å². The van der Waals surface area contributed by atoms with Gasteiger partial charge in [-0.3, -0.25) is 14.2 Å². The number of ketones is 1. The zero-order valence-electron chi connectivity index (χ0n) is 15.6. The van der Waals surface area contributed by atoms with Crippen LogP contribution in [0.1, 0.15) is 19.3 Å². The van der Waals surface area contributed by atoms with Gasteiger partial charge < -0.3 is 10.1 Å². The molecule has 0 amide bonds. The lowest BCUT2D eigenvalue weighted by molar-refractivity contribution is -0.121. The largest absolute Gasteiger partial charge is 0.380 e. The molecule has 6 nitrogen and oxygen atoms in total. The second-order valence-corrected chi connectivity index (χ2v) is 8.10. The number of carbonyl (C=O) groups excluding carboxylic acids is 1. The Labute approximate surface area is 197 Å². The quantitative estimate of drug-likeness (QED) is 0.509. The van der Waals surface area contributed by atoms with E-state index in [9.17, 15) is 9.59 Å². The summed E-state index contributed by atoms with van der Waals surface area (Å²) in [5.74, 6) is -0.00287. The maximum atomic E-state index is 12.8. The molecule has 0 spiro atoms. The third-order valence-corrected chi connectivity index (χ3v) is 6.41. The average Bonchev–Trinajstić information content (AvgIpc) is 2.64. The van der Waals surface area contributed by atoms with Gasteiger partial charge in [0.05, 0.1) is 29.9 Å². The van der Waals surface area contributed by atoms with E-state index >= 15 is 0 Å². The summed E-state index contributed by atoms with van der Waals surface area (Å²) in [6, 6.07) is 3.66. The summed E-state index contributed by atoms with van der Waals surface area (Å²) in [4.78, 5) is 30.6. The van der Waals surface area contributed by atoms with E-state index in [0.29, 0.717) is 17.3 Å². The fraction of sp³-hybridized carbons (Fsp3) is 0.500. The van der Waals surface area contributed by atoms with Crippen molar-refractivity contribution in [1.29, 1.82) is 0 Å². The second-order valence-electron chi connectivity index (χ2n) is 6.40. The first-order chi connectivity index (χ1) is 12.5. The molecule has 0 unspecified atom stereocenters. The van der Waals surface area contributed by atoms with E-state index in [2.05, 4.69) is 26.2 Å². The molecule has 28 heavy (non-hydrogen) atoms. The zero-order valence-corrected chi connectivity index (χ0v) is 21.5. The van der Waals surface area contributed by atoms with Crippen LogP contribution in [0.25, 0.3) is 10.9 Å². The van der Waals surface area contributed by atoms with Crippen LogP contribution in [0.5, 0.6) is 0 Å². The van der Waals surface area contributed by atoms with E-state index in [4.69, 9.17) is 4.74 Å². The van der Waals surface area contributed by atoms with Crippen LogP contribution in [0.3, 0.4) is 0 Å². The number of carbonyl (C=O) groups is 1. The Morgan fingerprint density at radius 1 is 1.43 bits per heavy atom. The van der Waals surface area contributed by atoms with Crippen molar-refractivity contribution in [3.05, 3.63) is 33.3 Å². The van der Waals surface area contributed by atoms with Crippen LogP contribution in [0.15, 0.2) is 32.6 Å². The molecule has 1 aromatic heterocycles. The molecule has 156 valence electrons. The van der Waals surface area contributed by atoms with Crippen LogP contribution >= 0.6 is 61.7 Å². The standard InChI is InChI=1S/C18H22BrN3O3S.2BrH/c1-25-16-4-3-5-20-15(16)6-11(23)9-22-10-21-14-8-13(19)17(26-2)7-12(14)18(22)24;;/h7-8,10,15-16,20H,3-6,9H2,1-2H3;2*1H/t15-,16+;;/m0../s1. The van der Waals surface area contributed by atoms with Crippen LogP contribution in [0.4, 0.5) is 0 Å². The highest BCUT2D eigenvalue weighted by Gasteiger charge is 2.26. The van der Waals surface area contributed by atoms with E-state index in [1.807, 2.05) is 18.4 Å². The van der Waals surface area contributed by atoms with Gasteiger partial charge in [0.1, 0.15) is 0 Å². The van der Waals surface area contributed by atoms with E-state index < -0.39 is 0 Å². The van der Waals surface area contributed by atoms with Crippen LogP contribution in [0.2, 0.25) is 0 Å². The molecule has 2 atom stereocenters. The normalized spacial score (nSPS) is 19.0. The van der Waals surface area contributed by atoms with Crippen molar-refractivity contribution in [3.8, 4) is 0 Å². The summed E-state index contributed by atoms with van der Waals surface area (Å²) in [5.41, 5.74) is 0.433. The van der Waals surface area contributed by atoms with E-state index in [-0.39, 0.29) is 64.0 Å². The molecule has 3 rings (SSSR count). The molecule has 1 aliphatic heterocycles. The van der Waals surface area contributed by atoms with Gasteiger partial charge in [-0.2, -0.15) is 0 Å². The fourth-order valence-electron chi connectivity index (χ4n) is 3.34. The number of thioether (sulfide) groups is 1. The summed E-state index contributed by atoms with van der Waals surface area (Å²) in [5, 5.41) is 3.87. The summed E-state index contributed by atoms with van der Waals surface area (Å²) >= 11 is 5.04. The first kappa shape index (κ1) is 25.8. The van der Waals surface area contributed by atoms with Gasteiger partial charge in [0.15, 0.2) is 5.78 Å². The van der Waals surface area contributed by atoms with E-state index in [0.717, 1.165) is 28.8 Å². The predicted molar refractivity (Wildman–Crippen MR) is 128 cm³/mol. The van der Waals surface area contributed by atoms with Crippen molar-refractivity contribution in [3.63, 3.8) is 0 Å². The zero-order chi connectivity index (χ0) is 18.7. The number of benzene rings is 1. The molecule has 0 saturated carbocycles. The lowest BCUT2D eigenvalue weighted by Gasteiger charge is -2.31. The third-order valence-electron chi connectivity index (χ3n) is 4.72. The van der Waals surface area contributed by atoms with E-state index in [1.165, 1.54) is 10.9 Å². The molecule has 1 fully saturated rings. The average molecular weight is 602 g/mol. The molecule has 0 bridgehead atoms. The second kappa shape index (κ2) is 11.8. The minimum absolute atomic E-state index is 0. The molecule has 0 aliphatic carbocycles. The Bertz CT molecular complexity index is 878. The number of fused-ring (bicyclic) bond motifs is 1. The first-order valence-electron chi connectivity index (χ1n) is 8.54. The van der Waals surface area contributed by atoms with Gasteiger partial charge in [-0.05, 0) is 53.7 Å². The predicted octanol–water partition coefficient (Wildman–Crippen LogP) is 3.76. The fourth-order valence-corrected chi connectivity index (χ4v) is 4.64. The SMILES string of the molecule is Br.Br.CO[C@@H]1CCCN[C@H]1CC(=O)Cn1cnc2cc(Br)c(SC)cc2c1=O. The van der Waals surface area contributed by atoms with Gasteiger partial charge in [0, 0.05) is 28.9 Å². The van der Waals surface area contributed by atoms with Gasteiger partial charge in [0.25, 0.3) is 5.56 Å². The number of halogens is 3. The first-order valence-corrected chi connectivity index (χ1v) is 10.6. The number of piperidine rings is 1. The number of nitrogens with zero attached hydrogens (tertiary/aromatic N) is 2. The smallest absolute Gasteiger partial charge is 0.261 e. The molecule has 1 N–H and O–H groups in total.